The Bertz CT molecular complexity index is 493. The fourth-order valence-corrected chi connectivity index (χ4v) is 4.12. The summed E-state index contributed by atoms with van der Waals surface area (Å²) in [5, 5.41) is 0. The maximum atomic E-state index is 6.39. The molecule has 1 aromatic carbocycles. The van der Waals surface area contributed by atoms with E-state index in [-0.39, 0.29) is 6.04 Å². The summed E-state index contributed by atoms with van der Waals surface area (Å²) in [6, 6.07) is 9.14. The van der Waals surface area contributed by atoms with Crippen molar-refractivity contribution in [2.24, 2.45) is 11.1 Å². The van der Waals surface area contributed by atoms with Gasteiger partial charge in [-0.3, -0.25) is 0 Å². The van der Waals surface area contributed by atoms with Crippen molar-refractivity contribution in [2.45, 2.75) is 57.9 Å². The summed E-state index contributed by atoms with van der Waals surface area (Å²) in [5.74, 6) is 0. The van der Waals surface area contributed by atoms with Crippen molar-refractivity contribution in [1.82, 2.24) is 4.90 Å². The average molecular weight is 286 g/mol. The van der Waals surface area contributed by atoms with E-state index in [1.807, 2.05) is 0 Å². The van der Waals surface area contributed by atoms with E-state index in [0.29, 0.717) is 10.8 Å². The molecule has 0 unspecified atom stereocenters. The van der Waals surface area contributed by atoms with Gasteiger partial charge in [0.15, 0.2) is 0 Å². The van der Waals surface area contributed by atoms with Crippen LogP contribution in [0.4, 0.5) is 0 Å². The molecule has 1 atom stereocenters. The molecule has 0 bridgehead atoms. The Hall–Kier alpha value is -0.860. The van der Waals surface area contributed by atoms with E-state index in [4.69, 9.17) is 5.73 Å². The van der Waals surface area contributed by atoms with Crippen LogP contribution in [0, 0.1) is 5.41 Å². The molecule has 1 aromatic rings. The molecule has 1 spiro atoms. The molecule has 1 aliphatic carbocycles. The Kier molecular flexibility index (Phi) is 3.87. The zero-order chi connectivity index (χ0) is 15.1. The topological polar surface area (TPSA) is 29.3 Å². The molecular weight excluding hydrogens is 256 g/mol. The molecule has 2 heteroatoms. The van der Waals surface area contributed by atoms with Gasteiger partial charge in [0.25, 0.3) is 0 Å². The predicted octanol–water partition coefficient (Wildman–Crippen LogP) is 3.86. The molecule has 116 valence electrons. The maximum Gasteiger partial charge on any atom is 0.0306 e. The first-order valence-corrected chi connectivity index (χ1v) is 8.47. The molecule has 3 rings (SSSR count). The van der Waals surface area contributed by atoms with Crippen molar-refractivity contribution in [3.8, 4) is 0 Å². The van der Waals surface area contributed by atoms with Crippen LogP contribution in [0.15, 0.2) is 24.3 Å². The molecule has 1 fully saturated rings. The number of likely N-dealkylation sites (tertiary alicyclic amines) is 1. The first-order chi connectivity index (χ1) is 9.90. The zero-order valence-electron chi connectivity index (χ0n) is 13.9. The first-order valence-electron chi connectivity index (χ1n) is 8.47. The third-order valence-corrected chi connectivity index (χ3v) is 5.53. The molecule has 0 radical (unpaired) electrons. The zero-order valence-corrected chi connectivity index (χ0v) is 13.9. The lowest BCUT2D eigenvalue weighted by Gasteiger charge is -2.41. The molecule has 1 saturated heterocycles. The lowest BCUT2D eigenvalue weighted by Crippen LogP contribution is -2.42. The highest BCUT2D eigenvalue weighted by Gasteiger charge is 2.44. The molecule has 1 aliphatic heterocycles. The normalized spacial score (nSPS) is 25.2. The standard InChI is InChI=1S/C19H30N2/c1-18(2,3)8-11-21-12-9-19(10-13-21)14-17(20)15-6-4-5-7-16(15)19/h4-7,17H,8-14,20H2,1-3H3/t17-/m0/s1. The van der Waals surface area contributed by atoms with Crippen LogP contribution in [0.1, 0.15) is 63.6 Å². The average Bonchev–Trinajstić information content (AvgIpc) is 2.71. The van der Waals surface area contributed by atoms with Crippen LogP contribution in [0.2, 0.25) is 0 Å². The van der Waals surface area contributed by atoms with Crippen LogP contribution in [0.5, 0.6) is 0 Å². The number of hydrogen-bond acceptors (Lipinski definition) is 2. The monoisotopic (exact) mass is 286 g/mol. The van der Waals surface area contributed by atoms with Crippen LogP contribution in [0.3, 0.4) is 0 Å². The molecule has 2 nitrogen and oxygen atoms in total. The molecule has 2 aliphatic rings. The third-order valence-electron chi connectivity index (χ3n) is 5.53. The van der Waals surface area contributed by atoms with Gasteiger partial charge in [0.1, 0.15) is 0 Å². The second-order valence-electron chi connectivity index (χ2n) is 8.33. The summed E-state index contributed by atoms with van der Waals surface area (Å²) >= 11 is 0. The Morgan fingerprint density at radius 1 is 1.19 bits per heavy atom. The molecule has 2 N–H and O–H groups in total. The smallest absolute Gasteiger partial charge is 0.0306 e. The number of benzene rings is 1. The van der Waals surface area contributed by atoms with E-state index >= 15 is 0 Å². The number of nitrogens with two attached hydrogens (primary N) is 1. The Morgan fingerprint density at radius 3 is 2.52 bits per heavy atom. The van der Waals surface area contributed by atoms with Gasteiger partial charge in [-0.05, 0) is 67.3 Å². The summed E-state index contributed by atoms with van der Waals surface area (Å²) in [7, 11) is 0. The third kappa shape index (κ3) is 3.02. The SMILES string of the molecule is CC(C)(C)CCN1CCC2(CC1)C[C@H](N)c1ccccc12. The minimum absolute atomic E-state index is 0.252. The van der Waals surface area contributed by atoms with Crippen molar-refractivity contribution >= 4 is 0 Å². The number of piperidine rings is 1. The van der Waals surface area contributed by atoms with Crippen LogP contribution < -0.4 is 5.73 Å². The lowest BCUT2D eigenvalue weighted by molar-refractivity contribution is 0.140. The Balaban J connectivity index is 1.66. The minimum atomic E-state index is 0.252. The van der Waals surface area contributed by atoms with Crippen molar-refractivity contribution in [3.05, 3.63) is 35.4 Å². The summed E-state index contributed by atoms with van der Waals surface area (Å²) in [6.45, 7) is 10.7. The van der Waals surface area contributed by atoms with Gasteiger partial charge in [0, 0.05) is 6.04 Å². The molecule has 0 saturated carbocycles. The van der Waals surface area contributed by atoms with Crippen LogP contribution in [-0.4, -0.2) is 24.5 Å². The fraction of sp³-hybridized carbons (Fsp3) is 0.684. The lowest BCUT2D eigenvalue weighted by atomic mass is 9.73. The van der Waals surface area contributed by atoms with E-state index < -0.39 is 0 Å². The van der Waals surface area contributed by atoms with Crippen molar-refractivity contribution in [2.75, 3.05) is 19.6 Å². The molecule has 21 heavy (non-hydrogen) atoms. The Labute approximate surface area is 129 Å². The van der Waals surface area contributed by atoms with E-state index in [1.54, 1.807) is 5.56 Å². The predicted molar refractivity (Wildman–Crippen MR) is 89.4 cm³/mol. The van der Waals surface area contributed by atoms with Gasteiger partial charge in [-0.2, -0.15) is 0 Å². The fourth-order valence-electron chi connectivity index (χ4n) is 4.12. The largest absolute Gasteiger partial charge is 0.324 e. The molecule has 1 heterocycles. The molecule has 0 aromatic heterocycles. The maximum absolute atomic E-state index is 6.39. The van der Waals surface area contributed by atoms with Crippen molar-refractivity contribution in [3.63, 3.8) is 0 Å². The number of hydrogen-bond donors (Lipinski definition) is 1. The van der Waals surface area contributed by atoms with Crippen LogP contribution in [-0.2, 0) is 5.41 Å². The summed E-state index contributed by atoms with van der Waals surface area (Å²) < 4.78 is 0. The minimum Gasteiger partial charge on any atom is -0.324 e. The van der Waals surface area contributed by atoms with E-state index in [1.165, 1.54) is 44.5 Å². The summed E-state index contributed by atoms with van der Waals surface area (Å²) in [5.41, 5.74) is 10.2. The highest BCUT2D eigenvalue weighted by Crippen LogP contribution is 2.49. The summed E-state index contributed by atoms with van der Waals surface area (Å²) in [4.78, 5) is 2.66. The van der Waals surface area contributed by atoms with E-state index in [9.17, 15) is 0 Å². The highest BCUT2D eigenvalue weighted by molar-refractivity contribution is 5.42. The van der Waals surface area contributed by atoms with Crippen molar-refractivity contribution in [1.29, 1.82) is 0 Å². The second-order valence-corrected chi connectivity index (χ2v) is 8.33. The molecule has 0 amide bonds. The van der Waals surface area contributed by atoms with Gasteiger partial charge in [-0.25, -0.2) is 0 Å². The van der Waals surface area contributed by atoms with Gasteiger partial charge in [0.2, 0.25) is 0 Å². The van der Waals surface area contributed by atoms with Gasteiger partial charge in [-0.15, -0.1) is 0 Å². The first kappa shape index (κ1) is 15.1. The van der Waals surface area contributed by atoms with Gasteiger partial charge < -0.3 is 10.6 Å². The van der Waals surface area contributed by atoms with E-state index in [2.05, 4.69) is 49.9 Å². The quantitative estimate of drug-likeness (QED) is 0.894. The van der Waals surface area contributed by atoms with Crippen LogP contribution >= 0.6 is 0 Å². The second kappa shape index (κ2) is 5.40. The Morgan fingerprint density at radius 2 is 1.86 bits per heavy atom. The number of nitrogens with zero attached hydrogens (tertiary/aromatic N) is 1. The summed E-state index contributed by atoms with van der Waals surface area (Å²) in [6.07, 6.45) is 5.00. The van der Waals surface area contributed by atoms with Gasteiger partial charge >= 0.3 is 0 Å². The number of fused-ring (bicyclic) bond motifs is 2. The highest BCUT2D eigenvalue weighted by atomic mass is 15.1. The van der Waals surface area contributed by atoms with Crippen molar-refractivity contribution < 1.29 is 0 Å². The van der Waals surface area contributed by atoms with Gasteiger partial charge in [0.05, 0.1) is 0 Å². The van der Waals surface area contributed by atoms with E-state index in [0.717, 1.165) is 6.42 Å². The van der Waals surface area contributed by atoms with Gasteiger partial charge in [-0.1, -0.05) is 45.0 Å². The van der Waals surface area contributed by atoms with Crippen LogP contribution in [0.25, 0.3) is 0 Å². The molecular formula is C19H30N2. The number of rotatable bonds is 2.